The zero-order valence-corrected chi connectivity index (χ0v) is 19.0. The fraction of sp³-hybridized carbons (Fsp3) is 0.375. The van der Waals surface area contributed by atoms with Crippen LogP contribution in [0.5, 0.6) is 0 Å². The van der Waals surface area contributed by atoms with Gasteiger partial charge >= 0.3 is 0 Å². The van der Waals surface area contributed by atoms with Crippen molar-refractivity contribution < 1.29 is 13.2 Å². The van der Waals surface area contributed by atoms with Crippen molar-refractivity contribution in [2.45, 2.75) is 42.7 Å². The van der Waals surface area contributed by atoms with Gasteiger partial charge in [0.25, 0.3) is 10.0 Å². The molecule has 0 spiro atoms. The third-order valence-corrected chi connectivity index (χ3v) is 8.21. The number of nitrogens with zero attached hydrogens (tertiary/aromatic N) is 3. The van der Waals surface area contributed by atoms with E-state index in [0.29, 0.717) is 11.0 Å². The molecule has 168 valence electrons. The van der Waals surface area contributed by atoms with Crippen LogP contribution in [0.2, 0.25) is 0 Å². The number of pyridine rings is 1. The molecule has 32 heavy (non-hydrogen) atoms. The molecule has 0 radical (unpaired) electrons. The van der Waals surface area contributed by atoms with Gasteiger partial charge in [-0.05, 0) is 61.6 Å². The number of fused-ring (bicyclic) bond motifs is 1. The first-order valence-corrected chi connectivity index (χ1v) is 12.5. The van der Waals surface area contributed by atoms with Crippen LogP contribution in [0.4, 0.5) is 5.69 Å². The minimum atomic E-state index is -3.80. The molecule has 1 aliphatic heterocycles. The lowest BCUT2D eigenvalue weighted by molar-refractivity contribution is 0.121. The van der Waals surface area contributed by atoms with E-state index in [1.54, 1.807) is 43.8 Å². The summed E-state index contributed by atoms with van der Waals surface area (Å²) in [5.74, 6) is 0. The lowest BCUT2D eigenvalue weighted by atomic mass is 9.92. The zero-order chi connectivity index (χ0) is 22.3. The number of ether oxygens (including phenoxy) is 1. The van der Waals surface area contributed by atoms with Crippen molar-refractivity contribution in [3.63, 3.8) is 0 Å². The van der Waals surface area contributed by atoms with Crippen LogP contribution in [0, 0.1) is 0 Å². The monoisotopic (exact) mass is 452 g/mol. The van der Waals surface area contributed by atoms with Crippen molar-refractivity contribution in [1.82, 2.24) is 8.96 Å². The van der Waals surface area contributed by atoms with Crippen molar-refractivity contribution in [2.24, 2.45) is 5.73 Å². The third kappa shape index (κ3) is 3.72. The minimum Gasteiger partial charge on any atom is -0.380 e. The maximum atomic E-state index is 13.7. The number of aromatic nitrogens is 2. The van der Waals surface area contributed by atoms with Crippen LogP contribution in [-0.2, 0) is 14.8 Å². The first kappa shape index (κ1) is 21.2. The molecular weight excluding hydrogens is 424 g/mol. The maximum Gasteiger partial charge on any atom is 0.268 e. The van der Waals surface area contributed by atoms with Gasteiger partial charge in [0.2, 0.25) is 0 Å². The Hall–Kier alpha value is -2.68. The molecule has 7 nitrogen and oxygen atoms in total. The Kier molecular flexibility index (Phi) is 5.53. The van der Waals surface area contributed by atoms with E-state index in [4.69, 9.17) is 10.5 Å². The number of nitrogens with two attached hydrogens (primary N) is 1. The van der Waals surface area contributed by atoms with Gasteiger partial charge in [-0.25, -0.2) is 12.4 Å². The average molecular weight is 453 g/mol. The number of hydrogen-bond acceptors (Lipinski definition) is 6. The van der Waals surface area contributed by atoms with E-state index in [1.165, 1.54) is 3.97 Å². The van der Waals surface area contributed by atoms with Crippen LogP contribution in [0.3, 0.4) is 0 Å². The molecule has 1 saturated heterocycles. The summed E-state index contributed by atoms with van der Waals surface area (Å²) >= 11 is 0. The van der Waals surface area contributed by atoms with Crippen LogP contribution in [0.1, 0.15) is 31.2 Å². The van der Waals surface area contributed by atoms with Gasteiger partial charge in [-0.2, -0.15) is 0 Å². The molecule has 2 aromatic heterocycles. The van der Waals surface area contributed by atoms with E-state index in [2.05, 4.69) is 16.0 Å². The van der Waals surface area contributed by atoms with E-state index in [0.717, 1.165) is 55.6 Å². The van der Waals surface area contributed by atoms with Crippen molar-refractivity contribution in [3.05, 3.63) is 60.4 Å². The summed E-state index contributed by atoms with van der Waals surface area (Å²) in [6.07, 6.45) is 9.16. The fourth-order valence-electron chi connectivity index (χ4n) is 4.67. The summed E-state index contributed by atoms with van der Waals surface area (Å²) in [5, 5.41) is 0. The Morgan fingerprint density at radius 2 is 2.06 bits per heavy atom. The van der Waals surface area contributed by atoms with Crippen LogP contribution in [0.15, 0.2) is 59.8 Å². The Labute approximate surface area is 188 Å². The molecule has 1 aromatic carbocycles. The molecule has 2 atom stereocenters. The second kappa shape index (κ2) is 8.35. The number of rotatable bonds is 5. The van der Waals surface area contributed by atoms with Gasteiger partial charge in [-0.15, -0.1) is 0 Å². The number of benzene rings is 1. The highest BCUT2D eigenvalue weighted by molar-refractivity contribution is 7.90. The van der Waals surface area contributed by atoms with Crippen molar-refractivity contribution in [3.8, 4) is 0 Å². The summed E-state index contributed by atoms with van der Waals surface area (Å²) in [6, 6.07) is 10.9. The Bertz CT molecular complexity index is 1280. The quantitative estimate of drug-likeness (QED) is 0.638. The van der Waals surface area contributed by atoms with Crippen molar-refractivity contribution >= 4 is 32.3 Å². The largest absolute Gasteiger partial charge is 0.380 e. The molecule has 3 aromatic rings. The number of methoxy groups -OCH3 is 1. The number of anilines is 1. The van der Waals surface area contributed by atoms with E-state index < -0.39 is 10.0 Å². The molecule has 1 fully saturated rings. The first-order chi connectivity index (χ1) is 15.5. The van der Waals surface area contributed by atoms with E-state index >= 15 is 0 Å². The van der Waals surface area contributed by atoms with Crippen molar-refractivity contribution in [2.75, 3.05) is 25.1 Å². The van der Waals surface area contributed by atoms with E-state index in [1.807, 2.05) is 12.1 Å². The highest BCUT2D eigenvalue weighted by atomic mass is 32.2. The van der Waals surface area contributed by atoms with Crippen molar-refractivity contribution in [1.29, 1.82) is 0 Å². The summed E-state index contributed by atoms with van der Waals surface area (Å²) in [5.41, 5.74) is 10.2. The van der Waals surface area contributed by atoms with Gasteiger partial charge in [-0.3, -0.25) is 4.98 Å². The summed E-state index contributed by atoms with van der Waals surface area (Å²) in [4.78, 5) is 6.96. The van der Waals surface area contributed by atoms with Gasteiger partial charge in [0.1, 0.15) is 0 Å². The van der Waals surface area contributed by atoms with Gasteiger partial charge in [-0.1, -0.05) is 12.1 Å². The zero-order valence-electron chi connectivity index (χ0n) is 18.1. The molecule has 1 aliphatic carbocycles. The lowest BCUT2D eigenvalue weighted by Gasteiger charge is -2.19. The molecule has 0 bridgehead atoms. The molecule has 3 heterocycles. The smallest absolute Gasteiger partial charge is 0.268 e. The predicted molar refractivity (Wildman–Crippen MR) is 126 cm³/mol. The molecule has 2 unspecified atom stereocenters. The fourth-order valence-corrected chi connectivity index (χ4v) is 6.07. The van der Waals surface area contributed by atoms with Crippen LogP contribution < -0.4 is 10.6 Å². The normalized spacial score (nSPS) is 21.8. The van der Waals surface area contributed by atoms with Crippen LogP contribution in [-0.4, -0.2) is 49.7 Å². The Morgan fingerprint density at radius 1 is 1.19 bits per heavy atom. The van der Waals surface area contributed by atoms with Gasteiger partial charge in [0.05, 0.1) is 22.0 Å². The molecule has 2 N–H and O–H groups in total. The van der Waals surface area contributed by atoms with Crippen LogP contribution in [0.25, 0.3) is 16.6 Å². The SMILES string of the molecule is COC1CCN(c2cccc(S(=O)(=O)n3cc(C4=CCC(N)CC4)c4ncccc43)c2)C1. The number of hydrogen-bond donors (Lipinski definition) is 1. The molecule has 2 aliphatic rings. The Balaban J connectivity index is 1.56. The maximum absolute atomic E-state index is 13.7. The van der Waals surface area contributed by atoms with E-state index in [9.17, 15) is 8.42 Å². The minimum absolute atomic E-state index is 0.162. The summed E-state index contributed by atoms with van der Waals surface area (Å²) in [6.45, 7) is 1.61. The lowest BCUT2D eigenvalue weighted by Crippen LogP contribution is -2.22. The summed E-state index contributed by atoms with van der Waals surface area (Å²) < 4.78 is 34.3. The first-order valence-electron chi connectivity index (χ1n) is 11.0. The third-order valence-electron chi connectivity index (χ3n) is 6.54. The standard InChI is InChI=1S/C24H28N4O3S/c1-31-20-11-13-27(15-20)19-4-2-5-21(14-19)32(29,30)28-16-22(17-7-9-18(25)10-8-17)24-23(28)6-3-12-26-24/h2-7,12,14,16,18,20H,8-11,13,15,25H2,1H3. The highest BCUT2D eigenvalue weighted by Crippen LogP contribution is 2.34. The Morgan fingerprint density at radius 3 is 2.81 bits per heavy atom. The molecule has 0 amide bonds. The summed E-state index contributed by atoms with van der Waals surface area (Å²) in [7, 11) is -2.08. The van der Waals surface area contributed by atoms with Gasteiger partial charge in [0.15, 0.2) is 0 Å². The average Bonchev–Trinajstić information content (AvgIpc) is 3.45. The molecule has 0 saturated carbocycles. The van der Waals surface area contributed by atoms with Crippen LogP contribution >= 0.6 is 0 Å². The molecule has 8 heteroatoms. The van der Waals surface area contributed by atoms with Gasteiger partial charge < -0.3 is 15.4 Å². The molecular formula is C24H28N4O3S. The van der Waals surface area contributed by atoms with Gasteiger partial charge in [0, 0.05) is 49.9 Å². The number of allylic oxidation sites excluding steroid dienone is 1. The van der Waals surface area contributed by atoms with E-state index in [-0.39, 0.29) is 17.0 Å². The molecule has 5 rings (SSSR count). The highest BCUT2D eigenvalue weighted by Gasteiger charge is 2.26. The topological polar surface area (TPSA) is 90.5 Å². The second-order valence-electron chi connectivity index (χ2n) is 8.57. The predicted octanol–water partition coefficient (Wildman–Crippen LogP) is 3.39. The second-order valence-corrected chi connectivity index (χ2v) is 10.4.